The number of nitrogens with zero attached hydrogens (tertiary/aromatic N) is 2. The normalized spacial score (nSPS) is 13.1. The second kappa shape index (κ2) is 6.86. The monoisotopic (exact) mass is 350 g/mol. The van der Waals surface area contributed by atoms with Gasteiger partial charge in [0.05, 0.1) is 17.9 Å². The summed E-state index contributed by atoms with van der Waals surface area (Å²) in [5, 5.41) is 13.9. The van der Waals surface area contributed by atoms with Crippen LogP contribution in [0.15, 0.2) is 54.9 Å². The lowest BCUT2D eigenvalue weighted by Crippen LogP contribution is -2.29. The summed E-state index contributed by atoms with van der Waals surface area (Å²) < 4.78 is 21.0. The Labute approximate surface area is 150 Å². The Bertz CT molecular complexity index is 942. The second-order valence-electron chi connectivity index (χ2n) is 6.23. The van der Waals surface area contributed by atoms with E-state index >= 15 is 0 Å². The average Bonchev–Trinajstić information content (AvgIpc) is 3.30. The van der Waals surface area contributed by atoms with Crippen molar-refractivity contribution in [3.63, 3.8) is 0 Å². The molecule has 0 saturated carbocycles. The van der Waals surface area contributed by atoms with Gasteiger partial charge in [-0.15, -0.1) is 0 Å². The first-order valence-corrected chi connectivity index (χ1v) is 8.36. The van der Waals surface area contributed by atoms with Crippen LogP contribution in [-0.4, -0.2) is 27.7 Å². The minimum Gasteiger partial charge on any atom is -0.423 e. The molecule has 4 rings (SSSR count). The first kappa shape index (κ1) is 16.7. The van der Waals surface area contributed by atoms with Crippen molar-refractivity contribution in [1.29, 1.82) is 0 Å². The molecular formula is C19H16BFN2O3. The van der Waals surface area contributed by atoms with E-state index in [0.717, 1.165) is 11.3 Å². The van der Waals surface area contributed by atoms with Gasteiger partial charge in [0.1, 0.15) is 5.82 Å². The van der Waals surface area contributed by atoms with Crippen molar-refractivity contribution in [2.75, 3.05) is 0 Å². The highest BCUT2D eigenvalue weighted by Gasteiger charge is 2.29. The van der Waals surface area contributed by atoms with Gasteiger partial charge in [0.25, 0.3) is 0 Å². The summed E-state index contributed by atoms with van der Waals surface area (Å²) in [6.07, 6.45) is 4.26. The summed E-state index contributed by atoms with van der Waals surface area (Å²) in [7, 11) is -1.09. The third-order valence-electron chi connectivity index (χ3n) is 4.54. The number of carbonyl (C=O) groups excluding carboxylic acids is 1. The van der Waals surface area contributed by atoms with Crippen LogP contribution in [0.25, 0.3) is 5.69 Å². The van der Waals surface area contributed by atoms with Crippen molar-refractivity contribution in [1.82, 2.24) is 9.78 Å². The first-order chi connectivity index (χ1) is 12.6. The molecule has 0 fully saturated rings. The number of benzene rings is 2. The van der Waals surface area contributed by atoms with Crippen molar-refractivity contribution >= 4 is 18.4 Å². The van der Waals surface area contributed by atoms with Gasteiger partial charge in [-0.05, 0) is 53.3 Å². The number of fused-ring (bicyclic) bond motifs is 1. The number of halogens is 1. The van der Waals surface area contributed by atoms with Crippen LogP contribution in [-0.2, 0) is 17.7 Å². The van der Waals surface area contributed by atoms with E-state index < -0.39 is 12.9 Å². The van der Waals surface area contributed by atoms with E-state index in [0.29, 0.717) is 17.4 Å². The predicted molar refractivity (Wildman–Crippen MR) is 95.0 cm³/mol. The third-order valence-corrected chi connectivity index (χ3v) is 4.54. The van der Waals surface area contributed by atoms with E-state index in [1.54, 1.807) is 10.9 Å². The topological polar surface area (TPSA) is 64.4 Å². The molecule has 7 heteroatoms. The van der Waals surface area contributed by atoms with Crippen LogP contribution in [0.1, 0.15) is 27.9 Å². The lowest BCUT2D eigenvalue weighted by atomic mass is 9.78. The Balaban J connectivity index is 1.45. The largest absolute Gasteiger partial charge is 0.491 e. The Morgan fingerprint density at radius 1 is 1.31 bits per heavy atom. The highest BCUT2D eigenvalue weighted by atomic mass is 19.1. The molecule has 0 amide bonds. The van der Waals surface area contributed by atoms with Gasteiger partial charge in [0, 0.05) is 18.8 Å². The number of aryl methyl sites for hydroxylation is 1. The molecule has 26 heavy (non-hydrogen) atoms. The molecule has 2 aromatic carbocycles. The van der Waals surface area contributed by atoms with E-state index in [-0.39, 0.29) is 24.4 Å². The molecule has 0 unspecified atom stereocenters. The van der Waals surface area contributed by atoms with Crippen molar-refractivity contribution in [2.24, 2.45) is 0 Å². The molecule has 130 valence electrons. The standard InChI is InChI=1S/C19H16BFN2O3/c21-18-10-14-12-26-20(25)17(14)11-16(18)19(24)7-4-13-2-5-15(6-3-13)23-9-1-8-22-23/h1-3,5-6,8-11,25H,4,7,12H2. The summed E-state index contributed by atoms with van der Waals surface area (Å²) in [6, 6.07) is 12.2. The number of carbonyl (C=O) groups is 1. The molecule has 0 bridgehead atoms. The van der Waals surface area contributed by atoms with E-state index in [4.69, 9.17) is 4.65 Å². The third kappa shape index (κ3) is 3.19. The minimum absolute atomic E-state index is 0.00135. The van der Waals surface area contributed by atoms with Crippen LogP contribution in [0.2, 0.25) is 0 Å². The van der Waals surface area contributed by atoms with E-state index in [1.165, 1.54) is 12.1 Å². The molecule has 0 aliphatic carbocycles. The molecular weight excluding hydrogens is 334 g/mol. The van der Waals surface area contributed by atoms with Gasteiger partial charge in [-0.25, -0.2) is 9.07 Å². The Morgan fingerprint density at radius 3 is 2.85 bits per heavy atom. The van der Waals surface area contributed by atoms with Crippen LogP contribution in [0.4, 0.5) is 4.39 Å². The SMILES string of the molecule is O=C(CCc1ccc(-n2cccn2)cc1)c1cc2c(cc1F)COB2O. The van der Waals surface area contributed by atoms with Crippen LogP contribution >= 0.6 is 0 Å². The molecule has 0 spiro atoms. The van der Waals surface area contributed by atoms with Gasteiger partial charge in [0.15, 0.2) is 5.78 Å². The Hall–Kier alpha value is -2.77. The van der Waals surface area contributed by atoms with Crippen LogP contribution in [0.5, 0.6) is 0 Å². The Kier molecular flexibility index (Phi) is 4.40. The van der Waals surface area contributed by atoms with Gasteiger partial charge in [0.2, 0.25) is 0 Å². The molecule has 5 nitrogen and oxygen atoms in total. The van der Waals surface area contributed by atoms with Crippen molar-refractivity contribution < 1.29 is 18.9 Å². The zero-order valence-electron chi connectivity index (χ0n) is 13.9. The van der Waals surface area contributed by atoms with Gasteiger partial charge in [-0.1, -0.05) is 12.1 Å². The van der Waals surface area contributed by atoms with Crippen molar-refractivity contribution in [2.45, 2.75) is 19.4 Å². The summed E-state index contributed by atoms with van der Waals surface area (Å²) in [6.45, 7) is 0.157. The smallest absolute Gasteiger partial charge is 0.423 e. The zero-order chi connectivity index (χ0) is 18.1. The molecule has 1 aliphatic rings. The first-order valence-electron chi connectivity index (χ1n) is 8.36. The fourth-order valence-electron chi connectivity index (χ4n) is 3.09. The molecule has 1 N–H and O–H groups in total. The number of hydrogen-bond donors (Lipinski definition) is 1. The highest BCUT2D eigenvalue weighted by Crippen LogP contribution is 2.18. The molecule has 0 saturated heterocycles. The minimum atomic E-state index is -1.09. The summed E-state index contributed by atoms with van der Waals surface area (Å²) in [5.74, 6) is -0.860. The lowest BCUT2D eigenvalue weighted by Gasteiger charge is -2.07. The van der Waals surface area contributed by atoms with Crippen molar-refractivity contribution in [3.05, 3.63) is 77.4 Å². The maximum Gasteiger partial charge on any atom is 0.491 e. The molecule has 2 heterocycles. The van der Waals surface area contributed by atoms with E-state index in [1.807, 2.05) is 36.5 Å². The quantitative estimate of drug-likeness (QED) is 0.565. The van der Waals surface area contributed by atoms with E-state index in [9.17, 15) is 14.2 Å². The molecule has 0 radical (unpaired) electrons. The average molecular weight is 350 g/mol. The number of rotatable bonds is 5. The molecule has 1 aliphatic heterocycles. The molecule has 3 aromatic rings. The summed E-state index contributed by atoms with van der Waals surface area (Å²) in [4.78, 5) is 12.4. The van der Waals surface area contributed by atoms with Crippen LogP contribution < -0.4 is 5.46 Å². The van der Waals surface area contributed by atoms with Gasteiger partial charge >= 0.3 is 7.12 Å². The molecule has 0 atom stereocenters. The number of Topliss-reactive ketones (excluding diaryl/α,β-unsaturated/α-hetero) is 1. The fourth-order valence-corrected chi connectivity index (χ4v) is 3.09. The molecule has 1 aromatic heterocycles. The fraction of sp³-hybridized carbons (Fsp3) is 0.158. The van der Waals surface area contributed by atoms with Gasteiger partial charge in [-0.2, -0.15) is 5.10 Å². The van der Waals surface area contributed by atoms with Gasteiger partial charge in [-0.3, -0.25) is 4.79 Å². The predicted octanol–water partition coefficient (Wildman–Crippen LogP) is 2.04. The zero-order valence-corrected chi connectivity index (χ0v) is 13.9. The summed E-state index contributed by atoms with van der Waals surface area (Å²) in [5.41, 5.74) is 2.98. The number of hydrogen-bond acceptors (Lipinski definition) is 4. The highest BCUT2D eigenvalue weighted by molar-refractivity contribution is 6.61. The summed E-state index contributed by atoms with van der Waals surface area (Å²) >= 11 is 0. The maximum absolute atomic E-state index is 14.2. The lowest BCUT2D eigenvalue weighted by molar-refractivity contribution is 0.0979. The van der Waals surface area contributed by atoms with Crippen LogP contribution in [0.3, 0.4) is 0 Å². The van der Waals surface area contributed by atoms with E-state index in [2.05, 4.69) is 5.10 Å². The van der Waals surface area contributed by atoms with Crippen molar-refractivity contribution in [3.8, 4) is 5.69 Å². The second-order valence-corrected chi connectivity index (χ2v) is 6.23. The number of aromatic nitrogens is 2. The Morgan fingerprint density at radius 2 is 2.12 bits per heavy atom. The number of ketones is 1. The van der Waals surface area contributed by atoms with Crippen LogP contribution in [0, 0.1) is 5.82 Å². The van der Waals surface area contributed by atoms with Gasteiger partial charge < -0.3 is 9.68 Å². The maximum atomic E-state index is 14.2.